The molecule has 2 rings (SSSR count). The lowest BCUT2D eigenvalue weighted by atomic mass is 10.1. The van der Waals surface area contributed by atoms with Crippen molar-refractivity contribution in [1.29, 1.82) is 0 Å². The number of thioether (sulfide) groups is 1. The van der Waals surface area contributed by atoms with E-state index >= 15 is 0 Å². The smallest absolute Gasteiger partial charge is 0.0894 e. The van der Waals surface area contributed by atoms with Crippen molar-refractivity contribution >= 4 is 39.3 Å². The van der Waals surface area contributed by atoms with Gasteiger partial charge in [0, 0.05) is 20.1 Å². The molecular formula is C15H14BrClOS. The molecule has 0 bridgehead atoms. The number of benzene rings is 2. The number of aryl methyl sites for hydroxylation is 1. The van der Waals surface area contributed by atoms with Gasteiger partial charge in [-0.05, 0) is 42.3 Å². The minimum absolute atomic E-state index is 0.501. The third kappa shape index (κ3) is 4.25. The van der Waals surface area contributed by atoms with Crippen molar-refractivity contribution in [3.63, 3.8) is 0 Å². The predicted molar refractivity (Wildman–Crippen MR) is 86.0 cm³/mol. The summed E-state index contributed by atoms with van der Waals surface area (Å²) in [6.45, 7) is 2.03. The standard InChI is InChI=1S/C15H14BrClOS/c1-10-5-6-13(14(16)7-10)15(18)9-19-12-4-2-3-11(17)8-12/h2-8,15,18H,9H2,1H3. The Hall–Kier alpha value is -0.480. The van der Waals surface area contributed by atoms with Crippen LogP contribution in [0.2, 0.25) is 5.02 Å². The lowest BCUT2D eigenvalue weighted by Gasteiger charge is -2.13. The minimum Gasteiger partial charge on any atom is -0.387 e. The number of halogens is 2. The molecule has 2 aromatic rings. The topological polar surface area (TPSA) is 20.2 Å². The zero-order valence-corrected chi connectivity index (χ0v) is 13.6. The minimum atomic E-state index is -0.501. The summed E-state index contributed by atoms with van der Waals surface area (Å²) in [7, 11) is 0. The fraction of sp³-hybridized carbons (Fsp3) is 0.200. The van der Waals surface area contributed by atoms with E-state index in [0.29, 0.717) is 5.75 Å². The first-order valence-corrected chi connectivity index (χ1v) is 8.04. The molecule has 1 unspecified atom stereocenters. The molecule has 1 atom stereocenters. The highest BCUT2D eigenvalue weighted by atomic mass is 79.9. The van der Waals surface area contributed by atoms with Crippen LogP contribution in [0, 0.1) is 6.92 Å². The van der Waals surface area contributed by atoms with Crippen molar-refractivity contribution in [2.24, 2.45) is 0 Å². The summed E-state index contributed by atoms with van der Waals surface area (Å²) in [4.78, 5) is 1.06. The van der Waals surface area contributed by atoms with Crippen molar-refractivity contribution in [2.45, 2.75) is 17.9 Å². The second-order valence-corrected chi connectivity index (χ2v) is 6.69. The van der Waals surface area contributed by atoms with Gasteiger partial charge in [0.2, 0.25) is 0 Å². The van der Waals surface area contributed by atoms with Crippen LogP contribution in [-0.4, -0.2) is 10.9 Å². The number of rotatable bonds is 4. The molecule has 1 nitrogen and oxygen atoms in total. The first-order valence-electron chi connectivity index (χ1n) is 5.89. The monoisotopic (exact) mass is 356 g/mol. The summed E-state index contributed by atoms with van der Waals surface area (Å²) in [6, 6.07) is 13.6. The molecule has 0 heterocycles. The van der Waals surface area contributed by atoms with E-state index in [4.69, 9.17) is 11.6 Å². The van der Waals surface area contributed by atoms with Crippen LogP contribution in [0.15, 0.2) is 51.8 Å². The molecule has 4 heteroatoms. The number of aliphatic hydroxyl groups excluding tert-OH is 1. The third-order valence-corrected chi connectivity index (χ3v) is 4.71. The maximum absolute atomic E-state index is 10.2. The van der Waals surface area contributed by atoms with Crippen LogP contribution in [0.5, 0.6) is 0 Å². The van der Waals surface area contributed by atoms with Crippen molar-refractivity contribution in [1.82, 2.24) is 0 Å². The number of aliphatic hydroxyl groups is 1. The number of hydrogen-bond acceptors (Lipinski definition) is 2. The quantitative estimate of drug-likeness (QED) is 0.755. The van der Waals surface area contributed by atoms with Crippen molar-refractivity contribution in [3.8, 4) is 0 Å². The van der Waals surface area contributed by atoms with Gasteiger partial charge in [-0.25, -0.2) is 0 Å². The summed E-state index contributed by atoms with van der Waals surface area (Å²) < 4.78 is 0.951. The molecule has 1 N–H and O–H groups in total. The largest absolute Gasteiger partial charge is 0.387 e. The molecule has 19 heavy (non-hydrogen) atoms. The molecule has 0 aliphatic heterocycles. The maximum Gasteiger partial charge on any atom is 0.0894 e. The predicted octanol–water partition coefficient (Wildman–Crippen LogP) is 5.24. The van der Waals surface area contributed by atoms with Gasteiger partial charge >= 0.3 is 0 Å². The Morgan fingerprint density at radius 3 is 2.74 bits per heavy atom. The fourth-order valence-corrected chi connectivity index (χ4v) is 3.65. The van der Waals surface area contributed by atoms with E-state index in [1.807, 2.05) is 49.4 Å². The Balaban J connectivity index is 2.03. The van der Waals surface area contributed by atoms with E-state index in [0.717, 1.165) is 20.0 Å². The van der Waals surface area contributed by atoms with Gasteiger partial charge in [0.25, 0.3) is 0 Å². The van der Waals surface area contributed by atoms with Gasteiger partial charge in [-0.2, -0.15) is 0 Å². The van der Waals surface area contributed by atoms with Crippen molar-refractivity contribution < 1.29 is 5.11 Å². The average Bonchev–Trinajstić information content (AvgIpc) is 2.36. The molecule has 0 spiro atoms. The Morgan fingerprint density at radius 2 is 2.05 bits per heavy atom. The molecule has 100 valence electrons. The highest BCUT2D eigenvalue weighted by Gasteiger charge is 2.11. The molecule has 0 radical (unpaired) electrons. The van der Waals surface area contributed by atoms with Gasteiger partial charge in [-0.3, -0.25) is 0 Å². The summed E-state index contributed by atoms with van der Waals surface area (Å²) in [5.41, 5.74) is 2.09. The Bertz CT molecular complexity index is 574. The van der Waals surface area contributed by atoms with Gasteiger partial charge in [0.05, 0.1) is 6.10 Å². The van der Waals surface area contributed by atoms with E-state index < -0.39 is 6.10 Å². The Labute approximate surface area is 131 Å². The SMILES string of the molecule is Cc1ccc(C(O)CSc2cccc(Cl)c2)c(Br)c1. The zero-order chi connectivity index (χ0) is 13.8. The van der Waals surface area contributed by atoms with Crippen molar-refractivity contribution in [2.75, 3.05) is 5.75 Å². The first kappa shape index (κ1) is 14.9. The van der Waals surface area contributed by atoms with Crippen LogP contribution < -0.4 is 0 Å². The summed E-state index contributed by atoms with van der Waals surface area (Å²) in [5, 5.41) is 11.0. The third-order valence-electron chi connectivity index (χ3n) is 2.72. The van der Waals surface area contributed by atoms with E-state index in [-0.39, 0.29) is 0 Å². The van der Waals surface area contributed by atoms with Crippen LogP contribution in [0.25, 0.3) is 0 Å². The van der Waals surface area contributed by atoms with Crippen LogP contribution in [0.4, 0.5) is 0 Å². The summed E-state index contributed by atoms with van der Waals surface area (Å²) in [5.74, 6) is 0.599. The van der Waals surface area contributed by atoms with Crippen LogP contribution in [0.3, 0.4) is 0 Å². The molecule has 0 aliphatic carbocycles. The maximum atomic E-state index is 10.2. The van der Waals surface area contributed by atoms with E-state index in [2.05, 4.69) is 15.9 Å². The van der Waals surface area contributed by atoms with Gasteiger partial charge in [-0.1, -0.05) is 45.7 Å². The highest BCUT2D eigenvalue weighted by molar-refractivity contribution is 9.10. The lowest BCUT2D eigenvalue weighted by molar-refractivity contribution is 0.203. The molecule has 0 saturated carbocycles. The molecule has 0 fully saturated rings. The summed E-state index contributed by atoms with van der Waals surface area (Å²) >= 11 is 11.0. The zero-order valence-electron chi connectivity index (χ0n) is 10.4. The van der Waals surface area contributed by atoms with E-state index in [1.165, 1.54) is 5.56 Å². The molecule has 0 aliphatic rings. The van der Waals surface area contributed by atoms with Crippen LogP contribution in [-0.2, 0) is 0 Å². The van der Waals surface area contributed by atoms with Gasteiger partial charge in [0.15, 0.2) is 0 Å². The molecule has 0 amide bonds. The molecule has 0 aromatic heterocycles. The normalized spacial score (nSPS) is 12.4. The summed E-state index contributed by atoms with van der Waals surface area (Å²) in [6.07, 6.45) is -0.501. The fourth-order valence-electron chi connectivity index (χ4n) is 1.72. The Morgan fingerprint density at radius 1 is 1.26 bits per heavy atom. The highest BCUT2D eigenvalue weighted by Crippen LogP contribution is 2.30. The van der Waals surface area contributed by atoms with Gasteiger partial charge in [-0.15, -0.1) is 11.8 Å². The van der Waals surface area contributed by atoms with Crippen molar-refractivity contribution in [3.05, 3.63) is 63.1 Å². The lowest BCUT2D eigenvalue weighted by Crippen LogP contribution is -2.01. The number of hydrogen-bond donors (Lipinski definition) is 1. The average molecular weight is 358 g/mol. The molecular weight excluding hydrogens is 344 g/mol. The van der Waals surface area contributed by atoms with E-state index in [1.54, 1.807) is 11.8 Å². The van der Waals surface area contributed by atoms with Crippen LogP contribution >= 0.6 is 39.3 Å². The van der Waals surface area contributed by atoms with Gasteiger partial charge < -0.3 is 5.11 Å². The second kappa shape index (κ2) is 6.80. The molecule has 0 saturated heterocycles. The first-order chi connectivity index (χ1) is 9.06. The molecule has 2 aromatic carbocycles. The van der Waals surface area contributed by atoms with E-state index in [9.17, 15) is 5.11 Å². The Kier molecular flexibility index (Phi) is 5.34. The van der Waals surface area contributed by atoms with Gasteiger partial charge in [0.1, 0.15) is 0 Å². The van der Waals surface area contributed by atoms with Crippen LogP contribution in [0.1, 0.15) is 17.2 Å². The second-order valence-electron chi connectivity index (χ2n) is 4.31.